The van der Waals surface area contributed by atoms with Crippen LogP contribution >= 0.6 is 10.3 Å². The molecule has 130 valence electrons. The van der Waals surface area contributed by atoms with Crippen molar-refractivity contribution in [1.29, 1.82) is 0 Å². The standard InChI is InChI=1S/C18H29NO3S/c1-18(2)8-7-14-11-15(12-16(18)19(14)3)22-17(20)13-23(21)9-5-4-6-10-23/h4-6,9,14-16,21H,7-8,10-13H2,1-3H3. The second kappa shape index (κ2) is 6.26. The number of esters is 1. The van der Waals surface area contributed by atoms with Gasteiger partial charge in [-0.2, -0.15) is 0 Å². The summed E-state index contributed by atoms with van der Waals surface area (Å²) in [6.45, 7) is 4.64. The molecule has 4 nitrogen and oxygen atoms in total. The number of hydrogen-bond acceptors (Lipinski definition) is 4. The molecule has 3 rings (SSSR count). The predicted molar refractivity (Wildman–Crippen MR) is 95.7 cm³/mol. The molecule has 0 radical (unpaired) electrons. The van der Waals surface area contributed by atoms with Crippen molar-refractivity contribution in [3.05, 3.63) is 23.6 Å². The Kier molecular flexibility index (Phi) is 4.64. The van der Waals surface area contributed by atoms with E-state index < -0.39 is 10.3 Å². The van der Waals surface area contributed by atoms with E-state index in [1.807, 2.05) is 18.2 Å². The van der Waals surface area contributed by atoms with E-state index >= 15 is 0 Å². The van der Waals surface area contributed by atoms with Crippen LogP contribution in [0.4, 0.5) is 0 Å². The fourth-order valence-corrected chi connectivity index (χ4v) is 5.94. The number of piperidine rings is 2. The zero-order valence-electron chi connectivity index (χ0n) is 14.4. The van der Waals surface area contributed by atoms with Gasteiger partial charge in [0.2, 0.25) is 0 Å². The number of carbonyl (C=O) groups excluding carboxylic acids is 1. The molecule has 4 unspecified atom stereocenters. The highest BCUT2D eigenvalue weighted by atomic mass is 32.3. The molecule has 3 aliphatic heterocycles. The van der Waals surface area contributed by atoms with E-state index in [0.29, 0.717) is 17.8 Å². The molecule has 2 bridgehead atoms. The van der Waals surface area contributed by atoms with E-state index in [1.165, 1.54) is 12.8 Å². The summed E-state index contributed by atoms with van der Waals surface area (Å²) in [7, 11) is 0.214. The molecule has 0 aromatic carbocycles. The van der Waals surface area contributed by atoms with Gasteiger partial charge in [-0.25, -0.2) is 0 Å². The largest absolute Gasteiger partial charge is 0.462 e. The molecular formula is C18H29NO3S. The average Bonchev–Trinajstić information content (AvgIpc) is 2.45. The third kappa shape index (κ3) is 3.67. The van der Waals surface area contributed by atoms with E-state index in [0.717, 1.165) is 12.8 Å². The van der Waals surface area contributed by atoms with Gasteiger partial charge in [0.1, 0.15) is 11.9 Å². The van der Waals surface area contributed by atoms with E-state index in [9.17, 15) is 9.35 Å². The molecule has 1 N–H and O–H groups in total. The molecule has 5 heteroatoms. The Morgan fingerprint density at radius 3 is 2.87 bits per heavy atom. The maximum absolute atomic E-state index is 12.3. The van der Waals surface area contributed by atoms with Crippen LogP contribution in [0.3, 0.4) is 0 Å². The second-order valence-corrected chi connectivity index (χ2v) is 10.6. The second-order valence-electron chi connectivity index (χ2n) is 7.91. The van der Waals surface area contributed by atoms with Crippen LogP contribution in [0.1, 0.15) is 39.5 Å². The summed E-state index contributed by atoms with van der Waals surface area (Å²) in [6, 6.07) is 0.994. The van der Waals surface area contributed by atoms with Gasteiger partial charge in [-0.1, -0.05) is 32.1 Å². The number of carbonyl (C=O) groups is 1. The highest BCUT2D eigenvalue weighted by molar-refractivity contribution is 8.32. The van der Waals surface area contributed by atoms with Crippen LogP contribution in [0.5, 0.6) is 0 Å². The molecule has 0 spiro atoms. The number of nitrogens with zero attached hydrogens (tertiary/aromatic N) is 1. The van der Waals surface area contributed by atoms with Crippen LogP contribution in [0, 0.1) is 5.41 Å². The van der Waals surface area contributed by atoms with Crippen LogP contribution in [-0.2, 0) is 9.53 Å². The highest BCUT2D eigenvalue weighted by Crippen LogP contribution is 2.47. The molecule has 0 saturated carbocycles. The summed E-state index contributed by atoms with van der Waals surface area (Å²) in [5, 5.41) is 1.78. The predicted octanol–water partition coefficient (Wildman–Crippen LogP) is 3.54. The third-order valence-electron chi connectivity index (χ3n) is 5.74. The maximum Gasteiger partial charge on any atom is 0.317 e. The molecule has 3 aliphatic rings. The third-order valence-corrected chi connectivity index (χ3v) is 7.91. The SMILES string of the molecule is CN1C2CCC(C)(C)C1CC(OC(=O)CS1(O)C=CC=CC1)C2. The number of fused-ring (bicyclic) bond motifs is 2. The zero-order chi connectivity index (χ0) is 16.7. The first-order valence-corrected chi connectivity index (χ1v) is 10.5. The molecule has 0 aromatic rings. The van der Waals surface area contributed by atoms with Crippen molar-refractivity contribution in [2.45, 2.75) is 57.7 Å². The average molecular weight is 340 g/mol. The molecule has 0 amide bonds. The first-order chi connectivity index (χ1) is 10.8. The zero-order valence-corrected chi connectivity index (χ0v) is 15.2. The maximum atomic E-state index is 12.3. The lowest BCUT2D eigenvalue weighted by Gasteiger charge is -2.54. The fourth-order valence-electron chi connectivity index (χ4n) is 4.31. The molecule has 23 heavy (non-hydrogen) atoms. The van der Waals surface area contributed by atoms with Crippen molar-refractivity contribution < 1.29 is 14.1 Å². The van der Waals surface area contributed by atoms with Crippen LogP contribution in [0.25, 0.3) is 0 Å². The van der Waals surface area contributed by atoms with Gasteiger partial charge in [0, 0.05) is 24.3 Å². The lowest BCUT2D eigenvalue weighted by Crippen LogP contribution is -2.58. The lowest BCUT2D eigenvalue weighted by atomic mass is 9.68. The van der Waals surface area contributed by atoms with Gasteiger partial charge in [-0.3, -0.25) is 9.69 Å². The number of allylic oxidation sites excluding steroid dienone is 2. The smallest absolute Gasteiger partial charge is 0.317 e. The summed E-state index contributed by atoms with van der Waals surface area (Å²) < 4.78 is 16.3. The van der Waals surface area contributed by atoms with E-state index in [1.54, 1.807) is 5.41 Å². The molecule has 0 aromatic heterocycles. The van der Waals surface area contributed by atoms with E-state index in [-0.39, 0.29) is 23.2 Å². The topological polar surface area (TPSA) is 49.8 Å². The minimum Gasteiger partial charge on any atom is -0.462 e. The van der Waals surface area contributed by atoms with Gasteiger partial charge in [-0.05, 0) is 37.1 Å². The normalized spacial score (nSPS) is 42.0. The van der Waals surface area contributed by atoms with E-state index in [2.05, 4.69) is 25.8 Å². The van der Waals surface area contributed by atoms with Gasteiger partial charge in [0.25, 0.3) is 0 Å². The monoisotopic (exact) mass is 339 g/mol. The van der Waals surface area contributed by atoms with Crippen molar-refractivity contribution >= 4 is 16.3 Å². The van der Waals surface area contributed by atoms with Crippen molar-refractivity contribution in [2.75, 3.05) is 18.6 Å². The van der Waals surface area contributed by atoms with Crippen LogP contribution in [0.15, 0.2) is 23.6 Å². The summed E-state index contributed by atoms with van der Waals surface area (Å²) in [4.78, 5) is 14.8. The number of ether oxygens (including phenoxy) is 1. The van der Waals surface area contributed by atoms with Crippen molar-refractivity contribution in [3.8, 4) is 0 Å². The molecule has 3 heterocycles. The molecule has 4 atom stereocenters. The van der Waals surface area contributed by atoms with Gasteiger partial charge < -0.3 is 9.29 Å². The quantitative estimate of drug-likeness (QED) is 0.799. The van der Waals surface area contributed by atoms with Crippen LogP contribution in [0.2, 0.25) is 0 Å². The number of hydrogen-bond donors (Lipinski definition) is 1. The minimum atomic E-state index is -1.99. The molecule has 2 fully saturated rings. The first-order valence-electron chi connectivity index (χ1n) is 8.55. The molecular weight excluding hydrogens is 310 g/mol. The lowest BCUT2D eigenvalue weighted by molar-refractivity contribution is -0.154. The Hall–Kier alpha value is -0.780. The van der Waals surface area contributed by atoms with Gasteiger partial charge in [0.05, 0.1) is 0 Å². The molecule has 2 saturated heterocycles. The van der Waals surface area contributed by atoms with Crippen molar-refractivity contribution in [1.82, 2.24) is 4.90 Å². The van der Waals surface area contributed by atoms with Gasteiger partial charge >= 0.3 is 5.97 Å². The van der Waals surface area contributed by atoms with Crippen LogP contribution < -0.4 is 0 Å². The highest BCUT2D eigenvalue weighted by Gasteiger charge is 2.46. The first kappa shape index (κ1) is 17.1. The Labute approximate surface area is 141 Å². The molecule has 0 aliphatic carbocycles. The van der Waals surface area contributed by atoms with Gasteiger partial charge in [-0.15, -0.1) is 10.3 Å². The number of rotatable bonds is 3. The van der Waals surface area contributed by atoms with Crippen molar-refractivity contribution in [2.24, 2.45) is 5.41 Å². The Bertz CT molecular complexity index is 530. The Balaban J connectivity index is 1.59. The Morgan fingerprint density at radius 2 is 2.17 bits per heavy atom. The fraction of sp³-hybridized carbons (Fsp3) is 0.722. The van der Waals surface area contributed by atoms with Gasteiger partial charge in [0.15, 0.2) is 0 Å². The summed E-state index contributed by atoms with van der Waals surface area (Å²) in [5.41, 5.74) is 0.274. The van der Waals surface area contributed by atoms with E-state index in [4.69, 9.17) is 4.74 Å². The Morgan fingerprint density at radius 1 is 1.39 bits per heavy atom. The summed E-state index contributed by atoms with van der Waals surface area (Å²) in [5.74, 6) is 0.441. The minimum absolute atomic E-state index is 0.000567. The van der Waals surface area contributed by atoms with Crippen LogP contribution in [-0.4, -0.2) is 52.2 Å². The summed E-state index contributed by atoms with van der Waals surface area (Å²) >= 11 is 0. The summed E-state index contributed by atoms with van der Waals surface area (Å²) in [6.07, 6.45) is 9.92. The van der Waals surface area contributed by atoms with Crippen molar-refractivity contribution in [3.63, 3.8) is 0 Å².